The molecule has 4 N–H and O–H groups in total. The van der Waals surface area contributed by atoms with E-state index in [-0.39, 0.29) is 12.6 Å². The number of ether oxygens (including phenoxy) is 2. The van der Waals surface area contributed by atoms with E-state index in [0.717, 1.165) is 28.6 Å². The van der Waals surface area contributed by atoms with Gasteiger partial charge in [0.2, 0.25) is 0 Å². The van der Waals surface area contributed by atoms with E-state index in [1.165, 1.54) is 0 Å². The van der Waals surface area contributed by atoms with Crippen molar-refractivity contribution in [1.29, 1.82) is 0 Å². The lowest BCUT2D eigenvalue weighted by Crippen LogP contribution is -2.32. The lowest BCUT2D eigenvalue weighted by Gasteiger charge is -2.17. The third-order valence-electron chi connectivity index (χ3n) is 5.66. The first-order valence-electron chi connectivity index (χ1n) is 11.7. The number of benzene rings is 2. The summed E-state index contributed by atoms with van der Waals surface area (Å²) >= 11 is 6.04. The summed E-state index contributed by atoms with van der Waals surface area (Å²) in [5, 5.41) is 14.3. The van der Waals surface area contributed by atoms with E-state index >= 15 is 0 Å². The number of aliphatic hydroxyl groups excluding tert-OH is 1. The first-order chi connectivity index (χ1) is 16.3. The zero-order valence-corrected chi connectivity index (χ0v) is 20.8. The van der Waals surface area contributed by atoms with Gasteiger partial charge in [0, 0.05) is 47.9 Å². The Morgan fingerprint density at radius 2 is 2.00 bits per heavy atom. The number of rotatable bonds is 13. The number of nitrogens with one attached hydrogen (secondary N) is 1. The van der Waals surface area contributed by atoms with E-state index in [2.05, 4.69) is 28.9 Å². The summed E-state index contributed by atoms with van der Waals surface area (Å²) in [6.07, 6.45) is 1.36. The summed E-state index contributed by atoms with van der Waals surface area (Å²) < 4.78 is 13.5. The third-order valence-corrected chi connectivity index (χ3v) is 5.90. The van der Waals surface area contributed by atoms with Gasteiger partial charge in [-0.15, -0.1) is 0 Å². The van der Waals surface area contributed by atoms with E-state index in [9.17, 15) is 9.90 Å². The minimum atomic E-state index is -0.447. The number of aliphatic hydroxyl groups is 1. The van der Waals surface area contributed by atoms with Crippen LogP contribution in [0.2, 0.25) is 5.02 Å². The highest BCUT2D eigenvalue weighted by molar-refractivity contribution is 6.30. The number of hydrogen-bond acceptors (Lipinski definition) is 5. The summed E-state index contributed by atoms with van der Waals surface area (Å²) in [5.74, 6) is 0.854. The third kappa shape index (κ3) is 6.44. The van der Waals surface area contributed by atoms with Crippen molar-refractivity contribution in [2.75, 3.05) is 26.4 Å². The molecule has 0 fully saturated rings. The van der Waals surface area contributed by atoms with Crippen molar-refractivity contribution >= 4 is 28.4 Å². The van der Waals surface area contributed by atoms with Crippen LogP contribution in [0.25, 0.3) is 10.9 Å². The summed E-state index contributed by atoms with van der Waals surface area (Å²) in [4.78, 5) is 12.2. The maximum atomic E-state index is 12.2. The molecule has 0 radical (unpaired) electrons. The lowest BCUT2D eigenvalue weighted by molar-refractivity contribution is 0.100. The molecule has 0 saturated heterocycles. The largest absolute Gasteiger partial charge is 0.490 e. The second-order valence-corrected chi connectivity index (χ2v) is 8.83. The number of amides is 1. The molecule has 1 amide bonds. The normalized spacial score (nSPS) is 12.1. The molecule has 0 aliphatic heterocycles. The van der Waals surface area contributed by atoms with Gasteiger partial charge in [0.25, 0.3) is 5.91 Å². The van der Waals surface area contributed by atoms with Crippen molar-refractivity contribution in [3.05, 3.63) is 58.2 Å². The first kappa shape index (κ1) is 25.9. The Labute approximate surface area is 205 Å². The zero-order chi connectivity index (χ0) is 24.7. The fourth-order valence-electron chi connectivity index (χ4n) is 4.19. The molecule has 1 heterocycles. The Bertz CT molecular complexity index is 1130. The molecule has 34 heavy (non-hydrogen) atoms. The molecule has 0 saturated carbocycles. The summed E-state index contributed by atoms with van der Waals surface area (Å²) in [7, 11) is 0. The molecule has 0 bridgehead atoms. The Kier molecular flexibility index (Phi) is 9.21. The Morgan fingerprint density at radius 3 is 2.71 bits per heavy atom. The maximum Gasteiger partial charge on any atom is 0.250 e. The average molecular weight is 488 g/mol. The molecular formula is C26H34ClN3O4. The van der Waals surface area contributed by atoms with Crippen LogP contribution >= 0.6 is 11.6 Å². The van der Waals surface area contributed by atoms with Crippen LogP contribution in [-0.2, 0) is 13.0 Å². The number of carbonyl (C=O) groups excluding carboxylic acids is 1. The fourth-order valence-corrected chi connectivity index (χ4v) is 4.36. The van der Waals surface area contributed by atoms with Crippen molar-refractivity contribution in [2.45, 2.75) is 46.2 Å². The van der Waals surface area contributed by atoms with E-state index in [4.69, 9.17) is 26.8 Å². The molecular weight excluding hydrogens is 454 g/mol. The second-order valence-electron chi connectivity index (χ2n) is 8.39. The standard InChI is InChI=1S/C26H34ClN3O4/c1-4-33-24-16-21(27)6-7-23(24)34-11-8-29-17(2)12-19-14-20-13-18(3)30(9-5-10-31)25(20)22(15-19)26(28)32/h6-7,13-17,29,31H,4-5,8-12H2,1-3H3,(H2,28,32)/t17-/m1/s1. The van der Waals surface area contributed by atoms with Crippen molar-refractivity contribution in [3.8, 4) is 11.5 Å². The van der Waals surface area contributed by atoms with Crippen LogP contribution in [0.4, 0.5) is 0 Å². The van der Waals surface area contributed by atoms with Gasteiger partial charge in [0.1, 0.15) is 6.61 Å². The smallest absolute Gasteiger partial charge is 0.250 e. The predicted octanol–water partition coefficient (Wildman–Crippen LogP) is 4.08. The highest BCUT2D eigenvalue weighted by Crippen LogP contribution is 2.30. The molecule has 3 rings (SSSR count). The van der Waals surface area contributed by atoms with Gasteiger partial charge in [0.15, 0.2) is 11.5 Å². The molecule has 0 spiro atoms. The summed E-state index contributed by atoms with van der Waals surface area (Å²) in [5.41, 5.74) is 9.16. The van der Waals surface area contributed by atoms with Crippen LogP contribution in [0, 0.1) is 6.92 Å². The van der Waals surface area contributed by atoms with Gasteiger partial charge >= 0.3 is 0 Å². The van der Waals surface area contributed by atoms with Gasteiger partial charge in [-0.25, -0.2) is 0 Å². The number of halogens is 1. The van der Waals surface area contributed by atoms with Crippen molar-refractivity contribution in [2.24, 2.45) is 5.73 Å². The Hall–Kier alpha value is -2.74. The minimum Gasteiger partial charge on any atom is -0.490 e. The van der Waals surface area contributed by atoms with Gasteiger partial charge in [-0.2, -0.15) is 0 Å². The van der Waals surface area contributed by atoms with Gasteiger partial charge in [-0.05, 0) is 69.5 Å². The number of hydrogen-bond donors (Lipinski definition) is 3. The maximum absolute atomic E-state index is 12.2. The number of fused-ring (bicyclic) bond motifs is 1. The predicted molar refractivity (Wildman–Crippen MR) is 136 cm³/mol. The van der Waals surface area contributed by atoms with Crippen LogP contribution in [0.3, 0.4) is 0 Å². The first-order valence-corrected chi connectivity index (χ1v) is 12.0. The molecule has 8 heteroatoms. The average Bonchev–Trinajstić information content (AvgIpc) is 3.10. The van der Waals surface area contributed by atoms with Crippen molar-refractivity contribution in [3.63, 3.8) is 0 Å². The van der Waals surface area contributed by atoms with Crippen LogP contribution in [0.5, 0.6) is 11.5 Å². The number of primary amides is 1. The molecule has 2 aromatic carbocycles. The van der Waals surface area contributed by atoms with E-state index < -0.39 is 5.91 Å². The Balaban J connectivity index is 1.63. The molecule has 0 aliphatic carbocycles. The molecule has 0 unspecified atom stereocenters. The van der Waals surface area contributed by atoms with Crippen LogP contribution in [0.1, 0.15) is 41.9 Å². The zero-order valence-electron chi connectivity index (χ0n) is 20.1. The van der Waals surface area contributed by atoms with Crippen molar-refractivity contribution < 1.29 is 19.4 Å². The summed E-state index contributed by atoms with van der Waals surface area (Å²) in [6.45, 7) is 8.42. The van der Waals surface area contributed by atoms with Gasteiger partial charge in [-0.1, -0.05) is 11.6 Å². The van der Waals surface area contributed by atoms with Gasteiger partial charge in [-0.3, -0.25) is 4.79 Å². The molecule has 1 aromatic heterocycles. The lowest BCUT2D eigenvalue weighted by atomic mass is 10.0. The number of nitrogens with zero attached hydrogens (tertiary/aromatic N) is 1. The minimum absolute atomic E-state index is 0.0982. The van der Waals surface area contributed by atoms with E-state index in [0.29, 0.717) is 54.8 Å². The van der Waals surface area contributed by atoms with Crippen LogP contribution < -0.4 is 20.5 Å². The Morgan fingerprint density at radius 1 is 1.21 bits per heavy atom. The number of nitrogens with two attached hydrogens (primary N) is 1. The van der Waals surface area contributed by atoms with E-state index in [1.54, 1.807) is 12.1 Å². The number of carbonyl (C=O) groups is 1. The fraction of sp³-hybridized carbons (Fsp3) is 0.423. The second kappa shape index (κ2) is 12.1. The van der Waals surface area contributed by atoms with Crippen molar-refractivity contribution in [1.82, 2.24) is 9.88 Å². The highest BCUT2D eigenvalue weighted by Gasteiger charge is 2.16. The quantitative estimate of drug-likeness (QED) is 0.315. The molecule has 0 aliphatic rings. The van der Waals surface area contributed by atoms with Crippen LogP contribution in [-0.4, -0.2) is 48.0 Å². The monoisotopic (exact) mass is 487 g/mol. The van der Waals surface area contributed by atoms with Gasteiger partial charge < -0.3 is 30.2 Å². The topological polar surface area (TPSA) is 98.7 Å². The number of aromatic nitrogens is 1. The van der Waals surface area contributed by atoms with E-state index in [1.807, 2.05) is 26.0 Å². The van der Waals surface area contributed by atoms with Crippen LogP contribution in [0.15, 0.2) is 36.4 Å². The molecule has 1 atom stereocenters. The summed E-state index contributed by atoms with van der Waals surface area (Å²) in [6, 6.07) is 11.6. The molecule has 184 valence electrons. The molecule has 3 aromatic rings. The highest BCUT2D eigenvalue weighted by atomic mass is 35.5. The number of aryl methyl sites for hydroxylation is 2. The SMILES string of the molecule is CCOc1cc(Cl)ccc1OCCN[C@H](C)Cc1cc(C(N)=O)c2c(c1)cc(C)n2CCCO. The molecule has 7 nitrogen and oxygen atoms in total. The van der Waals surface area contributed by atoms with Gasteiger partial charge in [0.05, 0.1) is 17.7 Å².